The first-order valence-electron chi connectivity index (χ1n) is 10.7. The number of hydrogen-bond donors (Lipinski definition) is 1. The first kappa shape index (κ1) is 21.8. The molecule has 170 valence electrons. The van der Waals surface area contributed by atoms with E-state index >= 15 is 0 Å². The lowest BCUT2D eigenvalue weighted by atomic mass is 10.2. The Morgan fingerprint density at radius 1 is 1.22 bits per heavy atom. The van der Waals surface area contributed by atoms with Crippen molar-refractivity contribution in [3.8, 4) is 11.4 Å². The Morgan fingerprint density at radius 2 is 1.97 bits per heavy atom. The first-order valence-corrected chi connectivity index (χ1v) is 10.7. The molecular weight excluding hydrogens is 410 g/mol. The van der Waals surface area contributed by atoms with Crippen LogP contribution in [0.5, 0.6) is 5.75 Å². The SMILES string of the molecule is COc1ccc(-n2nnc3cnc(NC4CCC(N(C)C(=O)OC(C)(C)C)C4)nc32)cc1. The molecule has 0 aliphatic heterocycles. The fourth-order valence-electron chi connectivity index (χ4n) is 3.80. The van der Waals surface area contributed by atoms with Crippen LogP contribution in [0.25, 0.3) is 16.9 Å². The minimum absolute atomic E-state index is 0.109. The zero-order chi connectivity index (χ0) is 22.9. The summed E-state index contributed by atoms with van der Waals surface area (Å²) in [6.07, 6.45) is 3.97. The Kier molecular flexibility index (Phi) is 5.86. The number of fused-ring (bicyclic) bond motifs is 1. The highest BCUT2D eigenvalue weighted by Gasteiger charge is 2.32. The Hall–Kier alpha value is -3.43. The molecule has 0 spiro atoms. The second-order valence-corrected chi connectivity index (χ2v) is 9.00. The minimum atomic E-state index is -0.508. The number of anilines is 1. The molecule has 2 heterocycles. The van der Waals surface area contributed by atoms with Crippen molar-refractivity contribution in [3.05, 3.63) is 30.5 Å². The number of nitrogens with zero attached hydrogens (tertiary/aromatic N) is 6. The number of hydrogen-bond acceptors (Lipinski definition) is 8. The third-order valence-corrected chi connectivity index (χ3v) is 5.48. The van der Waals surface area contributed by atoms with Crippen molar-refractivity contribution in [2.75, 3.05) is 19.5 Å². The highest BCUT2D eigenvalue weighted by molar-refractivity contribution is 5.72. The third kappa shape index (κ3) is 4.74. The van der Waals surface area contributed by atoms with E-state index in [1.54, 1.807) is 29.9 Å². The summed E-state index contributed by atoms with van der Waals surface area (Å²) in [4.78, 5) is 23.1. The summed E-state index contributed by atoms with van der Waals surface area (Å²) in [6.45, 7) is 5.62. The lowest BCUT2D eigenvalue weighted by Gasteiger charge is -2.28. The van der Waals surface area contributed by atoms with Gasteiger partial charge < -0.3 is 19.7 Å². The average Bonchev–Trinajstić information content (AvgIpc) is 3.39. The number of rotatable bonds is 5. The average molecular weight is 440 g/mol. The van der Waals surface area contributed by atoms with Gasteiger partial charge in [0.15, 0.2) is 11.2 Å². The summed E-state index contributed by atoms with van der Waals surface area (Å²) in [7, 11) is 3.42. The van der Waals surface area contributed by atoms with Crippen LogP contribution in [0.15, 0.2) is 30.5 Å². The molecule has 32 heavy (non-hydrogen) atoms. The second kappa shape index (κ2) is 8.60. The molecule has 1 aliphatic rings. The molecule has 4 rings (SSSR count). The van der Waals surface area contributed by atoms with E-state index in [0.29, 0.717) is 17.1 Å². The summed E-state index contributed by atoms with van der Waals surface area (Å²) in [5.74, 6) is 1.28. The Labute approximate surface area is 186 Å². The molecule has 1 aromatic carbocycles. The molecule has 10 nitrogen and oxygen atoms in total. The maximum atomic E-state index is 12.4. The maximum absolute atomic E-state index is 12.4. The normalized spacial score (nSPS) is 18.5. The number of methoxy groups -OCH3 is 1. The Bertz CT molecular complexity index is 1090. The van der Waals surface area contributed by atoms with Gasteiger partial charge in [-0.05, 0) is 64.3 Å². The van der Waals surface area contributed by atoms with Gasteiger partial charge in [-0.15, -0.1) is 5.10 Å². The Morgan fingerprint density at radius 3 is 2.66 bits per heavy atom. The molecule has 1 saturated carbocycles. The Balaban J connectivity index is 1.45. The van der Waals surface area contributed by atoms with Crippen LogP contribution in [-0.2, 0) is 4.74 Å². The van der Waals surface area contributed by atoms with Crippen molar-refractivity contribution < 1.29 is 14.3 Å². The van der Waals surface area contributed by atoms with E-state index < -0.39 is 5.60 Å². The van der Waals surface area contributed by atoms with Crippen LogP contribution in [-0.4, -0.2) is 67.8 Å². The number of amides is 1. The quantitative estimate of drug-likeness (QED) is 0.644. The van der Waals surface area contributed by atoms with Gasteiger partial charge in [0.2, 0.25) is 5.95 Å². The topological polar surface area (TPSA) is 107 Å². The van der Waals surface area contributed by atoms with Crippen LogP contribution < -0.4 is 10.1 Å². The molecule has 1 amide bonds. The fourth-order valence-corrected chi connectivity index (χ4v) is 3.80. The van der Waals surface area contributed by atoms with Crippen LogP contribution in [0.2, 0.25) is 0 Å². The predicted octanol–water partition coefficient (Wildman–Crippen LogP) is 3.42. The van der Waals surface area contributed by atoms with Crippen LogP contribution in [0.4, 0.5) is 10.7 Å². The summed E-state index contributed by atoms with van der Waals surface area (Å²) < 4.78 is 12.4. The smallest absolute Gasteiger partial charge is 0.410 e. The molecule has 3 aromatic rings. The zero-order valence-electron chi connectivity index (χ0n) is 19.1. The number of aromatic nitrogens is 5. The standard InChI is InChI=1S/C22H29N7O3/c1-22(2,3)32-21(30)28(4)16-7-6-14(12-16)24-20-23-13-18-19(25-20)29(27-26-18)15-8-10-17(31-5)11-9-15/h8-11,13-14,16H,6-7,12H2,1-5H3,(H,23,24,25). The molecule has 2 atom stereocenters. The molecule has 0 radical (unpaired) electrons. The van der Waals surface area contributed by atoms with E-state index in [-0.39, 0.29) is 18.2 Å². The van der Waals surface area contributed by atoms with E-state index in [2.05, 4.69) is 25.6 Å². The number of carbonyl (C=O) groups excluding carboxylic acids is 1. The van der Waals surface area contributed by atoms with Gasteiger partial charge >= 0.3 is 6.09 Å². The van der Waals surface area contributed by atoms with Crippen LogP contribution in [0.3, 0.4) is 0 Å². The van der Waals surface area contributed by atoms with Crippen molar-refractivity contribution in [2.24, 2.45) is 0 Å². The van der Waals surface area contributed by atoms with E-state index in [0.717, 1.165) is 30.7 Å². The minimum Gasteiger partial charge on any atom is -0.497 e. The van der Waals surface area contributed by atoms with Gasteiger partial charge in [-0.2, -0.15) is 9.67 Å². The van der Waals surface area contributed by atoms with Gasteiger partial charge in [0.1, 0.15) is 11.4 Å². The van der Waals surface area contributed by atoms with Gasteiger partial charge in [-0.25, -0.2) is 9.78 Å². The summed E-state index contributed by atoms with van der Waals surface area (Å²) in [5, 5.41) is 11.8. The molecule has 1 fully saturated rings. The molecule has 10 heteroatoms. The molecule has 1 aliphatic carbocycles. The molecule has 2 aromatic heterocycles. The molecular formula is C22H29N7O3. The summed E-state index contributed by atoms with van der Waals surface area (Å²) >= 11 is 0. The van der Waals surface area contributed by atoms with Crippen LogP contribution in [0, 0.1) is 0 Å². The van der Waals surface area contributed by atoms with E-state index in [1.165, 1.54) is 0 Å². The van der Waals surface area contributed by atoms with Crippen molar-refractivity contribution in [3.63, 3.8) is 0 Å². The van der Waals surface area contributed by atoms with E-state index in [4.69, 9.17) is 9.47 Å². The predicted molar refractivity (Wildman–Crippen MR) is 120 cm³/mol. The van der Waals surface area contributed by atoms with Gasteiger partial charge in [0.05, 0.1) is 19.0 Å². The largest absolute Gasteiger partial charge is 0.497 e. The van der Waals surface area contributed by atoms with Crippen molar-refractivity contribution in [1.29, 1.82) is 0 Å². The van der Waals surface area contributed by atoms with E-state index in [9.17, 15) is 4.79 Å². The number of benzene rings is 1. The van der Waals surface area contributed by atoms with Crippen molar-refractivity contribution in [2.45, 2.75) is 57.7 Å². The zero-order valence-corrected chi connectivity index (χ0v) is 19.1. The highest BCUT2D eigenvalue weighted by atomic mass is 16.6. The fraction of sp³-hybridized carbons (Fsp3) is 0.500. The van der Waals surface area contributed by atoms with Crippen molar-refractivity contribution >= 4 is 23.2 Å². The second-order valence-electron chi connectivity index (χ2n) is 9.00. The number of carbonyl (C=O) groups is 1. The third-order valence-electron chi connectivity index (χ3n) is 5.48. The lowest BCUT2D eigenvalue weighted by Crippen LogP contribution is -2.40. The van der Waals surface area contributed by atoms with Gasteiger partial charge in [0, 0.05) is 19.1 Å². The molecule has 0 bridgehead atoms. The van der Waals surface area contributed by atoms with Gasteiger partial charge in [-0.1, -0.05) is 5.21 Å². The molecule has 2 unspecified atom stereocenters. The first-order chi connectivity index (χ1) is 15.2. The van der Waals surface area contributed by atoms with Gasteiger partial charge in [-0.3, -0.25) is 0 Å². The van der Waals surface area contributed by atoms with Crippen LogP contribution in [0.1, 0.15) is 40.0 Å². The lowest BCUT2D eigenvalue weighted by molar-refractivity contribution is 0.0226. The number of ether oxygens (including phenoxy) is 2. The summed E-state index contributed by atoms with van der Waals surface area (Å²) in [5.41, 5.74) is 1.55. The van der Waals surface area contributed by atoms with Crippen LogP contribution >= 0.6 is 0 Å². The van der Waals surface area contributed by atoms with E-state index in [1.807, 2.05) is 45.0 Å². The summed E-state index contributed by atoms with van der Waals surface area (Å²) in [6, 6.07) is 7.80. The highest BCUT2D eigenvalue weighted by Crippen LogP contribution is 2.27. The van der Waals surface area contributed by atoms with Crippen molar-refractivity contribution in [1.82, 2.24) is 29.9 Å². The molecule has 0 saturated heterocycles. The van der Waals surface area contributed by atoms with Gasteiger partial charge in [0.25, 0.3) is 0 Å². The number of nitrogens with one attached hydrogen (secondary N) is 1. The maximum Gasteiger partial charge on any atom is 0.410 e. The molecule has 1 N–H and O–H groups in total. The monoisotopic (exact) mass is 439 g/mol.